The molecule has 0 spiro atoms. The Morgan fingerprint density at radius 3 is 2.82 bits per heavy atom. The van der Waals surface area contributed by atoms with Crippen LogP contribution in [0.2, 0.25) is 0 Å². The number of nitrogens with one attached hydrogen (secondary N) is 1. The molecular weight excluding hydrogens is 230 g/mol. The third-order valence-corrected chi connectivity index (χ3v) is 3.85. The summed E-state index contributed by atoms with van der Waals surface area (Å²) in [4.78, 5) is 4.75. The van der Waals surface area contributed by atoms with E-state index in [1.807, 2.05) is 0 Å². The topological polar surface area (TPSA) is 18.5 Å². The van der Waals surface area contributed by atoms with E-state index in [1.165, 1.54) is 19.4 Å². The molecule has 0 amide bonds. The van der Waals surface area contributed by atoms with Crippen LogP contribution in [-0.4, -0.2) is 54.2 Å². The number of hydrogen-bond donors (Lipinski definition) is 1. The maximum Gasteiger partial charge on any atom is 0.168 e. The predicted octanol–water partition coefficient (Wildman–Crippen LogP) is 1.93. The van der Waals surface area contributed by atoms with E-state index in [-0.39, 0.29) is 0 Å². The zero-order valence-corrected chi connectivity index (χ0v) is 12.5. The molecule has 17 heavy (non-hydrogen) atoms. The molecule has 1 N–H and O–H groups in total. The van der Waals surface area contributed by atoms with Crippen molar-refractivity contribution >= 4 is 17.3 Å². The number of nitrogens with zero attached hydrogens (tertiary/aromatic N) is 2. The van der Waals surface area contributed by atoms with E-state index in [1.54, 1.807) is 0 Å². The molecule has 1 unspecified atom stereocenters. The van der Waals surface area contributed by atoms with Gasteiger partial charge in [0.1, 0.15) is 0 Å². The van der Waals surface area contributed by atoms with Crippen molar-refractivity contribution in [3.05, 3.63) is 0 Å². The summed E-state index contributed by atoms with van der Waals surface area (Å²) in [5.74, 6) is 0.639. The molecule has 0 aromatic heterocycles. The van der Waals surface area contributed by atoms with Gasteiger partial charge < -0.3 is 10.2 Å². The zero-order valence-electron chi connectivity index (χ0n) is 11.7. The zero-order chi connectivity index (χ0) is 12.8. The van der Waals surface area contributed by atoms with Gasteiger partial charge in [-0.15, -0.1) is 0 Å². The van der Waals surface area contributed by atoms with Gasteiger partial charge in [0.25, 0.3) is 0 Å². The summed E-state index contributed by atoms with van der Waals surface area (Å²) in [5, 5.41) is 4.22. The first kappa shape index (κ1) is 14.7. The first-order chi connectivity index (χ1) is 8.04. The Kier molecular flexibility index (Phi) is 6.20. The van der Waals surface area contributed by atoms with Crippen molar-refractivity contribution in [3.63, 3.8) is 0 Å². The second-order valence-electron chi connectivity index (χ2n) is 5.39. The summed E-state index contributed by atoms with van der Waals surface area (Å²) in [7, 11) is 2.10. The number of thiocarbonyl (C=S) groups is 1. The lowest BCUT2D eigenvalue weighted by Gasteiger charge is -2.29. The van der Waals surface area contributed by atoms with Crippen LogP contribution in [-0.2, 0) is 0 Å². The molecule has 1 fully saturated rings. The summed E-state index contributed by atoms with van der Waals surface area (Å²) in [5.41, 5.74) is 0. The Bertz CT molecular complexity index is 243. The van der Waals surface area contributed by atoms with Gasteiger partial charge in [0.2, 0.25) is 0 Å². The number of likely N-dealkylation sites (tertiary alicyclic amines) is 1. The minimum atomic E-state index is 0.639. The smallest absolute Gasteiger partial charge is 0.168 e. The second kappa shape index (κ2) is 7.17. The molecule has 1 aliphatic heterocycles. The van der Waals surface area contributed by atoms with Crippen molar-refractivity contribution in [1.29, 1.82) is 0 Å². The third kappa shape index (κ3) is 4.80. The Labute approximate surface area is 112 Å². The standard InChI is InChI=1S/C13H27N3S/c1-5-16-8-6-7-12(16)10-15(4)13(17)14-9-11(2)3/h11-12H,5-10H2,1-4H3,(H,14,17). The highest BCUT2D eigenvalue weighted by Gasteiger charge is 2.24. The SMILES string of the molecule is CCN1CCCC1CN(C)C(=S)NCC(C)C. The van der Waals surface area contributed by atoms with Gasteiger partial charge in [-0.25, -0.2) is 0 Å². The van der Waals surface area contributed by atoms with E-state index in [4.69, 9.17) is 12.2 Å². The Balaban J connectivity index is 2.32. The molecule has 0 aliphatic carbocycles. The van der Waals surface area contributed by atoms with Crippen LogP contribution in [0.1, 0.15) is 33.6 Å². The summed E-state index contributed by atoms with van der Waals surface area (Å²) in [6.45, 7) is 11.1. The number of hydrogen-bond acceptors (Lipinski definition) is 2. The number of rotatable bonds is 5. The molecule has 1 atom stereocenters. The minimum Gasteiger partial charge on any atom is -0.362 e. The monoisotopic (exact) mass is 257 g/mol. The maximum absolute atomic E-state index is 5.40. The fraction of sp³-hybridized carbons (Fsp3) is 0.923. The lowest BCUT2D eigenvalue weighted by Crippen LogP contribution is -2.45. The molecule has 0 aromatic rings. The van der Waals surface area contributed by atoms with Crippen LogP contribution in [0.3, 0.4) is 0 Å². The maximum atomic E-state index is 5.40. The molecule has 1 aliphatic rings. The van der Waals surface area contributed by atoms with Crippen molar-refractivity contribution < 1.29 is 0 Å². The van der Waals surface area contributed by atoms with Gasteiger partial charge in [0.15, 0.2) is 5.11 Å². The Morgan fingerprint density at radius 1 is 1.53 bits per heavy atom. The van der Waals surface area contributed by atoms with Crippen molar-refractivity contribution in [3.8, 4) is 0 Å². The third-order valence-electron chi connectivity index (χ3n) is 3.40. The van der Waals surface area contributed by atoms with Gasteiger partial charge in [-0.3, -0.25) is 4.90 Å². The van der Waals surface area contributed by atoms with Gasteiger partial charge in [-0.1, -0.05) is 20.8 Å². The van der Waals surface area contributed by atoms with Crippen LogP contribution >= 0.6 is 12.2 Å². The van der Waals surface area contributed by atoms with E-state index in [2.05, 4.69) is 42.9 Å². The molecule has 0 saturated carbocycles. The van der Waals surface area contributed by atoms with E-state index in [0.717, 1.165) is 24.7 Å². The van der Waals surface area contributed by atoms with Gasteiger partial charge in [0, 0.05) is 26.2 Å². The summed E-state index contributed by atoms with van der Waals surface area (Å²) in [6.07, 6.45) is 2.64. The Morgan fingerprint density at radius 2 is 2.24 bits per heavy atom. The highest BCUT2D eigenvalue weighted by molar-refractivity contribution is 7.80. The van der Waals surface area contributed by atoms with Crippen LogP contribution in [0.25, 0.3) is 0 Å². The van der Waals surface area contributed by atoms with Crippen LogP contribution < -0.4 is 5.32 Å². The Hall–Kier alpha value is -0.350. The van der Waals surface area contributed by atoms with Crippen LogP contribution in [0, 0.1) is 5.92 Å². The van der Waals surface area contributed by atoms with Crippen molar-refractivity contribution in [2.24, 2.45) is 5.92 Å². The second-order valence-corrected chi connectivity index (χ2v) is 5.77. The summed E-state index contributed by atoms with van der Waals surface area (Å²) in [6, 6.07) is 0.684. The molecule has 1 saturated heterocycles. The molecule has 1 rings (SSSR count). The fourth-order valence-corrected chi connectivity index (χ4v) is 2.50. The highest BCUT2D eigenvalue weighted by Crippen LogP contribution is 2.17. The first-order valence-electron chi connectivity index (χ1n) is 6.77. The quantitative estimate of drug-likeness (QED) is 0.758. The fourth-order valence-electron chi connectivity index (χ4n) is 2.34. The average molecular weight is 257 g/mol. The van der Waals surface area contributed by atoms with Crippen molar-refractivity contribution in [2.45, 2.75) is 39.7 Å². The van der Waals surface area contributed by atoms with Gasteiger partial charge in [0.05, 0.1) is 0 Å². The van der Waals surface area contributed by atoms with Crippen LogP contribution in [0.15, 0.2) is 0 Å². The molecular formula is C13H27N3S. The van der Waals surface area contributed by atoms with Crippen LogP contribution in [0.4, 0.5) is 0 Å². The van der Waals surface area contributed by atoms with Gasteiger partial charge >= 0.3 is 0 Å². The van der Waals surface area contributed by atoms with Gasteiger partial charge in [-0.2, -0.15) is 0 Å². The largest absolute Gasteiger partial charge is 0.362 e. The normalized spacial score (nSPS) is 20.9. The van der Waals surface area contributed by atoms with Crippen molar-refractivity contribution in [1.82, 2.24) is 15.1 Å². The molecule has 4 heteroatoms. The van der Waals surface area contributed by atoms with E-state index in [0.29, 0.717) is 12.0 Å². The molecule has 100 valence electrons. The first-order valence-corrected chi connectivity index (χ1v) is 7.18. The number of likely N-dealkylation sites (N-methyl/N-ethyl adjacent to an activating group) is 2. The van der Waals surface area contributed by atoms with Crippen LogP contribution in [0.5, 0.6) is 0 Å². The van der Waals surface area contributed by atoms with Gasteiger partial charge in [-0.05, 0) is 44.1 Å². The summed E-state index contributed by atoms with van der Waals surface area (Å²) >= 11 is 5.40. The molecule has 3 nitrogen and oxygen atoms in total. The van der Waals surface area contributed by atoms with E-state index < -0.39 is 0 Å². The lowest BCUT2D eigenvalue weighted by molar-refractivity contribution is 0.234. The lowest BCUT2D eigenvalue weighted by atomic mass is 10.2. The van der Waals surface area contributed by atoms with E-state index in [9.17, 15) is 0 Å². The van der Waals surface area contributed by atoms with E-state index >= 15 is 0 Å². The van der Waals surface area contributed by atoms with Crippen molar-refractivity contribution in [2.75, 3.05) is 33.2 Å². The minimum absolute atomic E-state index is 0.639. The summed E-state index contributed by atoms with van der Waals surface area (Å²) < 4.78 is 0. The average Bonchev–Trinajstić information content (AvgIpc) is 2.72. The molecule has 0 aromatic carbocycles. The predicted molar refractivity (Wildman–Crippen MR) is 78.3 cm³/mol. The molecule has 0 radical (unpaired) electrons. The highest BCUT2D eigenvalue weighted by atomic mass is 32.1. The molecule has 1 heterocycles. The molecule has 0 bridgehead atoms.